The van der Waals surface area contributed by atoms with Gasteiger partial charge < -0.3 is 0 Å². The van der Waals surface area contributed by atoms with Crippen molar-refractivity contribution in [2.45, 2.75) is 143 Å². The van der Waals surface area contributed by atoms with E-state index in [1.807, 2.05) is 0 Å². The fraction of sp³-hybridized carbons (Fsp3) is 1.00. The summed E-state index contributed by atoms with van der Waals surface area (Å²) in [5, 5.41) is 0. The molecule has 0 fully saturated rings. The Balaban J connectivity index is 3.33. The maximum atomic E-state index is 6.49. The number of rotatable bonds is 20. The summed E-state index contributed by atoms with van der Waals surface area (Å²) in [5.74, 6) is 0. The summed E-state index contributed by atoms with van der Waals surface area (Å²) in [7, 11) is 0. The van der Waals surface area contributed by atoms with Crippen LogP contribution in [0.5, 0.6) is 0 Å². The second-order valence-electron chi connectivity index (χ2n) is 8.38. The highest BCUT2D eigenvalue weighted by molar-refractivity contribution is 6.67. The first-order chi connectivity index (χ1) is 13.3. The van der Waals surface area contributed by atoms with Crippen molar-refractivity contribution >= 4 is 58.0 Å². The van der Waals surface area contributed by atoms with Crippen LogP contribution in [0.2, 0.25) is 0 Å². The highest BCUT2D eigenvalue weighted by Crippen LogP contribution is 2.34. The number of hydrogen-bond acceptors (Lipinski definition) is 0. The van der Waals surface area contributed by atoms with Gasteiger partial charge in [-0.2, -0.15) is 0 Å². The molecule has 0 saturated heterocycles. The first-order valence-electron chi connectivity index (χ1n) is 11.7. The molecule has 0 bridgehead atoms. The predicted octanol–water partition coefficient (Wildman–Crippen LogP) is 11.4. The topological polar surface area (TPSA) is 0 Å². The quantitative estimate of drug-likeness (QED) is 0.116. The van der Waals surface area contributed by atoms with Gasteiger partial charge in [0.1, 0.15) is 4.33 Å². The lowest BCUT2D eigenvalue weighted by atomic mass is 10.0. The van der Waals surface area contributed by atoms with E-state index in [4.69, 9.17) is 58.0 Å². The van der Waals surface area contributed by atoms with Gasteiger partial charge in [-0.25, -0.2) is 0 Å². The van der Waals surface area contributed by atoms with Crippen LogP contribution < -0.4 is 0 Å². The van der Waals surface area contributed by atoms with Gasteiger partial charge in [0, 0.05) is 0 Å². The van der Waals surface area contributed by atoms with Crippen molar-refractivity contribution in [2.24, 2.45) is 0 Å². The van der Waals surface area contributed by atoms with E-state index in [0.717, 1.165) is 25.7 Å². The molecule has 5 heteroatoms. The summed E-state index contributed by atoms with van der Waals surface area (Å²) in [6, 6.07) is 0. The smallest absolute Gasteiger partial charge is 0.102 e. The van der Waals surface area contributed by atoms with E-state index in [1.165, 1.54) is 96.3 Å². The second kappa shape index (κ2) is 19.2. The number of alkyl halides is 5. The van der Waals surface area contributed by atoms with Crippen molar-refractivity contribution in [3.63, 3.8) is 0 Å². The number of hydrogen-bond donors (Lipinski definition) is 0. The number of halogens is 5. The largest absolute Gasteiger partial charge is 0.190 e. The van der Waals surface area contributed by atoms with Gasteiger partial charge in [-0.1, -0.05) is 144 Å². The third-order valence-corrected chi connectivity index (χ3v) is 6.72. The van der Waals surface area contributed by atoms with Crippen molar-refractivity contribution in [3.05, 3.63) is 0 Å². The van der Waals surface area contributed by atoms with E-state index in [1.54, 1.807) is 0 Å². The van der Waals surface area contributed by atoms with Gasteiger partial charge in [0.05, 0.1) is 0 Å². The fourth-order valence-corrected chi connectivity index (χ4v) is 4.52. The maximum absolute atomic E-state index is 6.49. The van der Waals surface area contributed by atoms with Gasteiger partial charge in [0.25, 0.3) is 0 Å². The predicted molar refractivity (Wildman–Crippen MR) is 133 cm³/mol. The summed E-state index contributed by atoms with van der Waals surface area (Å²) < 4.78 is -1.58. The molecule has 0 rings (SSSR count). The minimum absolute atomic E-state index is 0.504. The van der Waals surface area contributed by atoms with Crippen molar-refractivity contribution in [3.8, 4) is 0 Å². The van der Waals surface area contributed by atoms with E-state index < -0.39 is 8.13 Å². The first kappa shape index (κ1) is 29.5. The molecule has 0 aliphatic heterocycles. The highest BCUT2D eigenvalue weighted by Gasteiger charge is 2.22. The third-order valence-electron chi connectivity index (χ3n) is 5.40. The normalized spacial score (nSPS) is 12.6. The van der Waals surface area contributed by atoms with Crippen molar-refractivity contribution in [2.75, 3.05) is 0 Å². The van der Waals surface area contributed by atoms with E-state index in [0.29, 0.717) is 6.42 Å². The van der Waals surface area contributed by atoms with Gasteiger partial charge in [-0.15, -0.1) is 23.2 Å². The molecule has 0 nitrogen and oxygen atoms in total. The number of unbranched alkanes of at least 4 members (excludes halogenated alkanes) is 15. The molecule has 0 aliphatic carbocycles. The Hall–Kier alpha value is 1.45. The molecule has 0 spiro atoms. The molecule has 0 aromatic rings. The first-order valence-corrected chi connectivity index (χ1v) is 13.6. The summed E-state index contributed by atoms with van der Waals surface area (Å²) in [4.78, 5) is 0. The zero-order chi connectivity index (χ0) is 21.1. The Morgan fingerprint density at radius 2 is 0.679 bits per heavy atom. The molecule has 0 aromatic heterocycles. The van der Waals surface area contributed by atoms with E-state index in [9.17, 15) is 0 Å². The van der Waals surface area contributed by atoms with Crippen LogP contribution in [0.1, 0.15) is 135 Å². The Morgan fingerprint density at radius 3 is 1.00 bits per heavy atom. The summed E-state index contributed by atoms with van der Waals surface area (Å²) in [6.45, 7) is 2.26. The fourth-order valence-electron chi connectivity index (χ4n) is 3.59. The Morgan fingerprint density at radius 1 is 0.393 bits per heavy atom. The lowest BCUT2D eigenvalue weighted by Crippen LogP contribution is -2.12. The molecule has 0 saturated carbocycles. The van der Waals surface area contributed by atoms with Gasteiger partial charge in [-0.05, 0) is 25.7 Å². The molecule has 0 unspecified atom stereocenters. The Labute approximate surface area is 200 Å². The maximum Gasteiger partial charge on any atom is 0.190 e. The lowest BCUT2D eigenvalue weighted by molar-refractivity contribution is 0.507. The molecule has 0 aromatic carbocycles. The van der Waals surface area contributed by atoms with Crippen LogP contribution in [0, 0.1) is 0 Å². The molecule has 170 valence electrons. The average Bonchev–Trinajstić information content (AvgIpc) is 2.61. The molecular formula is C23H43Cl5. The summed E-state index contributed by atoms with van der Waals surface area (Å²) in [6.07, 6.45) is 24.1. The monoisotopic (exact) mass is 494 g/mol. The van der Waals surface area contributed by atoms with E-state index >= 15 is 0 Å². The molecule has 0 N–H and O–H groups in total. The van der Waals surface area contributed by atoms with E-state index in [2.05, 4.69) is 6.92 Å². The van der Waals surface area contributed by atoms with Crippen molar-refractivity contribution in [1.29, 1.82) is 0 Å². The molecular weight excluding hydrogens is 454 g/mol. The highest BCUT2D eigenvalue weighted by atomic mass is 35.6. The van der Waals surface area contributed by atoms with Crippen LogP contribution in [-0.4, -0.2) is 8.13 Å². The minimum atomic E-state index is -1.07. The summed E-state index contributed by atoms with van der Waals surface area (Å²) >= 11 is 30.2. The van der Waals surface area contributed by atoms with Gasteiger partial charge in [0.15, 0.2) is 3.79 Å². The lowest BCUT2D eigenvalue weighted by Gasteiger charge is -2.19. The van der Waals surface area contributed by atoms with E-state index in [-0.39, 0.29) is 0 Å². The third kappa shape index (κ3) is 23.7. The van der Waals surface area contributed by atoms with Crippen LogP contribution in [0.15, 0.2) is 0 Å². The molecule has 28 heavy (non-hydrogen) atoms. The molecule has 0 aliphatic rings. The van der Waals surface area contributed by atoms with Crippen LogP contribution in [-0.2, 0) is 0 Å². The van der Waals surface area contributed by atoms with Crippen LogP contribution in [0.3, 0.4) is 0 Å². The molecule has 0 heterocycles. The minimum Gasteiger partial charge on any atom is -0.102 e. The average molecular weight is 497 g/mol. The van der Waals surface area contributed by atoms with Crippen molar-refractivity contribution in [1.82, 2.24) is 0 Å². The van der Waals surface area contributed by atoms with Crippen molar-refractivity contribution < 1.29 is 0 Å². The Kier molecular flexibility index (Phi) is 20.2. The molecule has 0 amide bonds. The van der Waals surface area contributed by atoms with Crippen LogP contribution in [0.25, 0.3) is 0 Å². The second-order valence-corrected chi connectivity index (χ2v) is 12.5. The zero-order valence-corrected chi connectivity index (χ0v) is 21.8. The standard InChI is InChI=1S/C23H43Cl5/c1-2-3-4-5-10-13-16-19-22(24,25)20-17-14-11-8-6-7-9-12-15-18-21-23(26,27)28/h2-21H2,1H3. The van der Waals surface area contributed by atoms with Gasteiger partial charge >= 0.3 is 0 Å². The van der Waals surface area contributed by atoms with Gasteiger partial charge in [-0.3, -0.25) is 0 Å². The SMILES string of the molecule is CCCCCCCCCC(Cl)(Cl)CCCCCCCCCCCCC(Cl)(Cl)Cl. The zero-order valence-electron chi connectivity index (χ0n) is 18.0. The van der Waals surface area contributed by atoms with Gasteiger partial charge in [0.2, 0.25) is 0 Å². The Bertz CT molecular complexity index is 325. The summed E-state index contributed by atoms with van der Waals surface area (Å²) in [5.41, 5.74) is 0. The molecule has 0 radical (unpaired) electrons. The van der Waals surface area contributed by atoms with Crippen LogP contribution >= 0.6 is 58.0 Å². The molecule has 0 atom stereocenters. The van der Waals surface area contributed by atoms with Crippen LogP contribution in [0.4, 0.5) is 0 Å².